The van der Waals surface area contributed by atoms with Crippen LogP contribution in [0.2, 0.25) is 0 Å². The zero-order valence-electron chi connectivity index (χ0n) is 4.73. The van der Waals surface area contributed by atoms with Gasteiger partial charge in [-0.3, -0.25) is 5.73 Å². The molecule has 0 rings (SSSR count). The van der Waals surface area contributed by atoms with Gasteiger partial charge in [-0.05, 0) is 0 Å². The molecule has 0 aromatic carbocycles. The van der Waals surface area contributed by atoms with Gasteiger partial charge in [-0.2, -0.15) is 0 Å². The fourth-order valence-electron chi connectivity index (χ4n) is 0. The molecule has 0 aliphatic heterocycles. The predicted molar refractivity (Wildman–Crippen MR) is 27.1 cm³/mol. The van der Waals surface area contributed by atoms with Gasteiger partial charge in [-0.25, -0.2) is 0 Å². The summed E-state index contributed by atoms with van der Waals surface area (Å²) in [7, 11) is 6.17. The monoisotopic (exact) mass is 89.1 g/mol. The standard InChI is InChI=1S/C4H13N2/c1-6(2,3)4-5/h4-5H2,1-3H3/q+1. The maximum atomic E-state index is 5.28. The van der Waals surface area contributed by atoms with Gasteiger partial charge in [0.25, 0.3) is 0 Å². The Morgan fingerprint density at radius 3 is 1.50 bits per heavy atom. The van der Waals surface area contributed by atoms with E-state index in [9.17, 15) is 0 Å². The van der Waals surface area contributed by atoms with Crippen LogP contribution in [0, 0.1) is 0 Å². The van der Waals surface area contributed by atoms with E-state index < -0.39 is 0 Å². The van der Waals surface area contributed by atoms with Crippen LogP contribution in [-0.2, 0) is 0 Å². The van der Waals surface area contributed by atoms with Crippen LogP contribution in [0.25, 0.3) is 0 Å². The summed E-state index contributed by atoms with van der Waals surface area (Å²) in [5, 5.41) is 0. The lowest BCUT2D eigenvalue weighted by Gasteiger charge is -2.20. The van der Waals surface area contributed by atoms with Gasteiger partial charge < -0.3 is 4.48 Å². The van der Waals surface area contributed by atoms with Gasteiger partial charge in [-0.1, -0.05) is 0 Å². The third-order valence-corrected chi connectivity index (χ3v) is 0.548. The molecule has 0 aliphatic carbocycles. The molecule has 0 amide bonds. The fourth-order valence-corrected chi connectivity index (χ4v) is 0. The Morgan fingerprint density at radius 2 is 1.50 bits per heavy atom. The zero-order valence-corrected chi connectivity index (χ0v) is 4.73. The first-order chi connectivity index (χ1) is 2.56. The van der Waals surface area contributed by atoms with Gasteiger partial charge >= 0.3 is 0 Å². The highest BCUT2D eigenvalue weighted by molar-refractivity contribution is 4.03. The van der Waals surface area contributed by atoms with Gasteiger partial charge in [0, 0.05) is 0 Å². The van der Waals surface area contributed by atoms with E-state index in [0.29, 0.717) is 6.67 Å². The minimum absolute atomic E-state index is 0.708. The summed E-state index contributed by atoms with van der Waals surface area (Å²) in [6, 6.07) is 0. The highest BCUT2D eigenvalue weighted by Gasteiger charge is 1.97. The lowest BCUT2D eigenvalue weighted by molar-refractivity contribution is -0.870. The maximum absolute atomic E-state index is 5.28. The van der Waals surface area contributed by atoms with Crippen molar-refractivity contribution in [3.8, 4) is 0 Å². The Bertz CT molecular complexity index is 35.3. The Labute approximate surface area is 39.1 Å². The van der Waals surface area contributed by atoms with Gasteiger partial charge in [0.1, 0.15) is 6.67 Å². The topological polar surface area (TPSA) is 26.0 Å². The van der Waals surface area contributed by atoms with Crippen molar-refractivity contribution in [3.05, 3.63) is 0 Å². The number of quaternary nitrogens is 1. The van der Waals surface area contributed by atoms with E-state index in [4.69, 9.17) is 5.73 Å². The molecular weight excluding hydrogens is 76.1 g/mol. The Kier molecular flexibility index (Phi) is 1.56. The Hall–Kier alpha value is -0.0800. The number of hydrogen-bond donors (Lipinski definition) is 1. The second kappa shape index (κ2) is 1.58. The lowest BCUT2D eigenvalue weighted by atomic mass is 10.7. The third kappa shape index (κ3) is 3.92. The average Bonchev–Trinajstić information content (AvgIpc) is 1.35. The molecule has 0 aromatic heterocycles. The smallest absolute Gasteiger partial charge is 0.129 e. The first kappa shape index (κ1) is 5.92. The number of nitrogens with two attached hydrogens (primary N) is 1. The van der Waals surface area contributed by atoms with Gasteiger partial charge in [0.15, 0.2) is 0 Å². The van der Waals surface area contributed by atoms with Crippen LogP contribution in [0.1, 0.15) is 0 Å². The normalized spacial score (nSPS) is 12.0. The molecule has 0 heterocycles. The molecule has 0 fully saturated rings. The summed E-state index contributed by atoms with van der Waals surface area (Å²) in [5.41, 5.74) is 5.28. The fraction of sp³-hybridized carbons (Fsp3) is 1.00. The van der Waals surface area contributed by atoms with Gasteiger partial charge in [0.2, 0.25) is 0 Å². The van der Waals surface area contributed by atoms with E-state index in [1.54, 1.807) is 0 Å². The van der Waals surface area contributed by atoms with Crippen LogP contribution < -0.4 is 5.73 Å². The zero-order chi connectivity index (χ0) is 5.21. The highest BCUT2D eigenvalue weighted by atomic mass is 15.3. The molecule has 2 N–H and O–H groups in total. The summed E-state index contributed by atoms with van der Waals surface area (Å²) >= 11 is 0. The quantitative estimate of drug-likeness (QED) is 0.343. The van der Waals surface area contributed by atoms with E-state index in [2.05, 4.69) is 21.1 Å². The number of hydrogen-bond acceptors (Lipinski definition) is 1. The van der Waals surface area contributed by atoms with Crippen LogP contribution in [0.15, 0.2) is 0 Å². The van der Waals surface area contributed by atoms with Gasteiger partial charge in [-0.15, -0.1) is 0 Å². The summed E-state index contributed by atoms with van der Waals surface area (Å²) in [5.74, 6) is 0. The molecule has 0 saturated heterocycles. The van der Waals surface area contributed by atoms with Crippen molar-refractivity contribution in [3.63, 3.8) is 0 Å². The molecular formula is C4H13N2+. The van der Waals surface area contributed by atoms with Gasteiger partial charge in [0.05, 0.1) is 21.1 Å². The first-order valence-electron chi connectivity index (χ1n) is 2.07. The largest absolute Gasteiger partial charge is 0.319 e. The summed E-state index contributed by atoms with van der Waals surface area (Å²) < 4.78 is 0.847. The molecule has 6 heavy (non-hydrogen) atoms. The van der Waals surface area contributed by atoms with E-state index in [0.717, 1.165) is 4.48 Å². The van der Waals surface area contributed by atoms with Crippen molar-refractivity contribution in [2.24, 2.45) is 5.73 Å². The number of nitrogens with zero attached hydrogens (tertiary/aromatic N) is 1. The second-order valence-electron chi connectivity index (χ2n) is 2.47. The predicted octanol–water partition coefficient (Wildman–Crippen LogP) is -0.391. The van der Waals surface area contributed by atoms with Crippen molar-refractivity contribution >= 4 is 0 Å². The lowest BCUT2D eigenvalue weighted by Crippen LogP contribution is -2.39. The van der Waals surface area contributed by atoms with E-state index in [1.165, 1.54) is 0 Å². The minimum atomic E-state index is 0.708. The van der Waals surface area contributed by atoms with Crippen LogP contribution in [0.4, 0.5) is 0 Å². The van der Waals surface area contributed by atoms with Crippen LogP contribution in [0.3, 0.4) is 0 Å². The summed E-state index contributed by atoms with van der Waals surface area (Å²) in [4.78, 5) is 0. The van der Waals surface area contributed by atoms with Crippen molar-refractivity contribution in [1.29, 1.82) is 0 Å². The molecule has 2 nitrogen and oxygen atoms in total. The van der Waals surface area contributed by atoms with E-state index in [1.807, 2.05) is 0 Å². The highest BCUT2D eigenvalue weighted by Crippen LogP contribution is 1.79. The van der Waals surface area contributed by atoms with Crippen LogP contribution >= 0.6 is 0 Å². The van der Waals surface area contributed by atoms with Crippen molar-refractivity contribution in [2.75, 3.05) is 27.8 Å². The van der Waals surface area contributed by atoms with Crippen molar-refractivity contribution < 1.29 is 4.48 Å². The maximum Gasteiger partial charge on any atom is 0.129 e. The minimum Gasteiger partial charge on any atom is -0.319 e. The molecule has 0 radical (unpaired) electrons. The molecule has 0 bridgehead atoms. The SMILES string of the molecule is C[N+](C)(C)CN. The third-order valence-electron chi connectivity index (χ3n) is 0.548. The molecule has 0 spiro atoms. The molecule has 0 atom stereocenters. The first-order valence-corrected chi connectivity index (χ1v) is 2.07. The van der Waals surface area contributed by atoms with Crippen LogP contribution in [0.5, 0.6) is 0 Å². The van der Waals surface area contributed by atoms with Crippen LogP contribution in [-0.4, -0.2) is 32.3 Å². The average molecular weight is 89.2 g/mol. The van der Waals surface area contributed by atoms with Crippen molar-refractivity contribution in [1.82, 2.24) is 0 Å². The molecule has 0 unspecified atom stereocenters. The van der Waals surface area contributed by atoms with E-state index in [-0.39, 0.29) is 0 Å². The number of rotatable bonds is 1. The Balaban J connectivity index is 3.17. The van der Waals surface area contributed by atoms with E-state index >= 15 is 0 Å². The van der Waals surface area contributed by atoms with Crippen molar-refractivity contribution in [2.45, 2.75) is 0 Å². The second-order valence-corrected chi connectivity index (χ2v) is 2.47. The molecule has 0 saturated carbocycles. The summed E-state index contributed by atoms with van der Waals surface area (Å²) in [6.07, 6.45) is 0. The summed E-state index contributed by atoms with van der Waals surface area (Å²) in [6.45, 7) is 0.708. The molecule has 38 valence electrons. The molecule has 0 aromatic rings. The Morgan fingerprint density at radius 1 is 1.33 bits per heavy atom. The molecule has 0 aliphatic rings. The molecule has 2 heteroatoms.